The van der Waals surface area contributed by atoms with Gasteiger partial charge in [-0.15, -0.1) is 0 Å². The molecule has 0 saturated carbocycles. The van der Waals surface area contributed by atoms with Crippen molar-refractivity contribution in [2.24, 2.45) is 0 Å². The number of aromatic amines is 1. The van der Waals surface area contributed by atoms with Crippen LogP contribution in [0.4, 0.5) is 16.3 Å². The van der Waals surface area contributed by atoms with E-state index in [0.29, 0.717) is 11.5 Å². The van der Waals surface area contributed by atoms with E-state index < -0.39 is 0 Å². The maximum Gasteiger partial charge on any atom is 0.324 e. The van der Waals surface area contributed by atoms with Crippen molar-refractivity contribution >= 4 is 17.5 Å². The predicted octanol–water partition coefficient (Wildman–Crippen LogP) is 3.42. The van der Waals surface area contributed by atoms with Gasteiger partial charge >= 0.3 is 6.03 Å². The number of rotatable bonds is 3. The van der Waals surface area contributed by atoms with Crippen LogP contribution in [0, 0.1) is 6.92 Å². The van der Waals surface area contributed by atoms with E-state index in [-0.39, 0.29) is 6.03 Å². The Bertz CT molecular complexity index is 768. The van der Waals surface area contributed by atoms with E-state index in [2.05, 4.69) is 25.8 Å². The first-order valence-corrected chi connectivity index (χ1v) is 6.82. The number of aryl methyl sites for hydroxylation is 1. The van der Waals surface area contributed by atoms with E-state index in [9.17, 15) is 4.79 Å². The van der Waals surface area contributed by atoms with Crippen LogP contribution in [0.15, 0.2) is 54.9 Å². The molecular formula is C16H15N5O. The van der Waals surface area contributed by atoms with E-state index in [1.165, 1.54) is 0 Å². The number of urea groups is 1. The van der Waals surface area contributed by atoms with Crippen LogP contribution in [0.5, 0.6) is 0 Å². The highest BCUT2D eigenvalue weighted by Crippen LogP contribution is 2.23. The zero-order chi connectivity index (χ0) is 15.4. The minimum Gasteiger partial charge on any atom is -0.306 e. The second-order valence-electron chi connectivity index (χ2n) is 4.77. The summed E-state index contributed by atoms with van der Waals surface area (Å²) in [5.41, 5.74) is 3.41. The summed E-state index contributed by atoms with van der Waals surface area (Å²) in [4.78, 5) is 16.3. The summed E-state index contributed by atoms with van der Waals surface area (Å²) in [6, 6.07) is 13.1. The summed E-state index contributed by atoms with van der Waals surface area (Å²) >= 11 is 0. The summed E-state index contributed by atoms with van der Waals surface area (Å²) in [5, 5.41) is 11.9. The smallest absolute Gasteiger partial charge is 0.306 e. The summed E-state index contributed by atoms with van der Waals surface area (Å²) in [6.45, 7) is 1.85. The van der Waals surface area contributed by atoms with Crippen LogP contribution in [0.1, 0.15) is 5.69 Å². The molecule has 0 fully saturated rings. The molecule has 0 atom stereocenters. The molecule has 22 heavy (non-hydrogen) atoms. The van der Waals surface area contributed by atoms with Gasteiger partial charge in [-0.05, 0) is 18.6 Å². The Balaban J connectivity index is 1.80. The number of benzene rings is 1. The largest absolute Gasteiger partial charge is 0.324 e. The lowest BCUT2D eigenvalue weighted by molar-refractivity contribution is 0.262. The number of nitrogens with one attached hydrogen (secondary N) is 3. The number of aromatic nitrogens is 3. The SMILES string of the molecule is Cc1ncc(-c2ccccc2)cc1NC(=O)Nc1ccn[nH]1. The third-order valence-electron chi connectivity index (χ3n) is 3.19. The van der Waals surface area contributed by atoms with Crippen molar-refractivity contribution < 1.29 is 4.79 Å². The predicted molar refractivity (Wildman–Crippen MR) is 85.6 cm³/mol. The van der Waals surface area contributed by atoms with Crippen LogP contribution in [0.2, 0.25) is 0 Å². The van der Waals surface area contributed by atoms with E-state index in [1.54, 1.807) is 18.5 Å². The standard InChI is InChI=1S/C16H15N5O/c1-11-14(19-16(22)20-15-7-8-18-21-15)9-13(10-17-11)12-5-3-2-4-6-12/h2-10H,1H3,(H3,18,19,20,21,22). The third kappa shape index (κ3) is 3.12. The van der Waals surface area contributed by atoms with Crippen LogP contribution in [0.3, 0.4) is 0 Å². The van der Waals surface area contributed by atoms with Crippen molar-refractivity contribution in [3.05, 3.63) is 60.6 Å². The van der Waals surface area contributed by atoms with Crippen molar-refractivity contribution in [3.8, 4) is 11.1 Å². The highest BCUT2D eigenvalue weighted by molar-refractivity contribution is 5.99. The summed E-state index contributed by atoms with van der Waals surface area (Å²) in [6.07, 6.45) is 3.36. The molecule has 6 heteroatoms. The van der Waals surface area contributed by atoms with Crippen molar-refractivity contribution in [2.75, 3.05) is 10.6 Å². The highest BCUT2D eigenvalue weighted by Gasteiger charge is 2.08. The molecule has 6 nitrogen and oxygen atoms in total. The second kappa shape index (κ2) is 6.09. The Kier molecular flexibility index (Phi) is 3.82. The fourth-order valence-electron chi connectivity index (χ4n) is 2.05. The minimum absolute atomic E-state index is 0.348. The summed E-state index contributed by atoms with van der Waals surface area (Å²) < 4.78 is 0. The first-order valence-electron chi connectivity index (χ1n) is 6.82. The molecule has 1 aromatic carbocycles. The number of carbonyl (C=O) groups excluding carboxylic acids is 1. The Morgan fingerprint density at radius 2 is 1.91 bits per heavy atom. The van der Waals surface area contributed by atoms with Crippen molar-refractivity contribution in [3.63, 3.8) is 0 Å². The fourth-order valence-corrected chi connectivity index (χ4v) is 2.05. The number of hydrogen-bond acceptors (Lipinski definition) is 3. The molecule has 3 rings (SSSR count). The number of anilines is 2. The third-order valence-corrected chi connectivity index (χ3v) is 3.19. The number of amides is 2. The fraction of sp³-hybridized carbons (Fsp3) is 0.0625. The van der Waals surface area contributed by atoms with Gasteiger partial charge in [0.25, 0.3) is 0 Å². The second-order valence-corrected chi connectivity index (χ2v) is 4.77. The van der Waals surface area contributed by atoms with Gasteiger partial charge in [0.05, 0.1) is 17.6 Å². The molecule has 0 bridgehead atoms. The van der Waals surface area contributed by atoms with Gasteiger partial charge in [-0.25, -0.2) is 4.79 Å². The van der Waals surface area contributed by atoms with Gasteiger partial charge in [0.2, 0.25) is 0 Å². The molecule has 0 aliphatic heterocycles. The molecule has 0 spiro atoms. The number of H-pyrrole nitrogens is 1. The van der Waals surface area contributed by atoms with Gasteiger partial charge < -0.3 is 5.32 Å². The zero-order valence-electron chi connectivity index (χ0n) is 12.0. The molecule has 0 aliphatic rings. The van der Waals surface area contributed by atoms with Crippen molar-refractivity contribution in [1.29, 1.82) is 0 Å². The maximum absolute atomic E-state index is 12.0. The van der Waals surface area contributed by atoms with Crippen molar-refractivity contribution in [2.45, 2.75) is 6.92 Å². The van der Waals surface area contributed by atoms with Crippen molar-refractivity contribution in [1.82, 2.24) is 15.2 Å². The van der Waals surface area contributed by atoms with Crippen LogP contribution >= 0.6 is 0 Å². The molecule has 110 valence electrons. The summed E-state index contributed by atoms with van der Waals surface area (Å²) in [7, 11) is 0. The quantitative estimate of drug-likeness (QED) is 0.692. The Morgan fingerprint density at radius 3 is 2.64 bits per heavy atom. The molecule has 0 unspecified atom stereocenters. The monoisotopic (exact) mass is 293 g/mol. The lowest BCUT2D eigenvalue weighted by atomic mass is 10.1. The highest BCUT2D eigenvalue weighted by atomic mass is 16.2. The van der Waals surface area contributed by atoms with Crippen LogP contribution in [-0.2, 0) is 0 Å². The normalized spacial score (nSPS) is 10.2. The van der Waals surface area contributed by atoms with E-state index in [4.69, 9.17) is 0 Å². The van der Waals surface area contributed by atoms with E-state index in [0.717, 1.165) is 16.8 Å². The number of pyridine rings is 1. The van der Waals surface area contributed by atoms with Gasteiger partial charge in [0.15, 0.2) is 0 Å². The average molecular weight is 293 g/mol. The lowest BCUT2D eigenvalue weighted by Gasteiger charge is -2.10. The van der Waals surface area contributed by atoms with Gasteiger partial charge in [-0.2, -0.15) is 5.10 Å². The molecule has 2 aromatic heterocycles. The molecule has 0 aliphatic carbocycles. The Labute approximate surface area is 127 Å². The average Bonchev–Trinajstić information content (AvgIpc) is 3.03. The van der Waals surface area contributed by atoms with Gasteiger partial charge in [0, 0.05) is 17.8 Å². The van der Waals surface area contributed by atoms with Crippen LogP contribution < -0.4 is 10.6 Å². The first kappa shape index (κ1) is 13.8. The van der Waals surface area contributed by atoms with E-state index in [1.807, 2.05) is 43.3 Å². The van der Waals surface area contributed by atoms with Gasteiger partial charge in [-0.1, -0.05) is 30.3 Å². The molecule has 3 N–H and O–H groups in total. The number of hydrogen-bond donors (Lipinski definition) is 3. The van der Waals surface area contributed by atoms with E-state index >= 15 is 0 Å². The Hall–Kier alpha value is -3.15. The molecule has 3 aromatic rings. The van der Waals surface area contributed by atoms with Gasteiger partial charge in [-0.3, -0.25) is 15.4 Å². The molecule has 0 radical (unpaired) electrons. The molecular weight excluding hydrogens is 278 g/mol. The molecule has 2 heterocycles. The van der Waals surface area contributed by atoms with Gasteiger partial charge in [0.1, 0.15) is 5.82 Å². The van der Waals surface area contributed by atoms with Crippen LogP contribution in [0.25, 0.3) is 11.1 Å². The lowest BCUT2D eigenvalue weighted by Crippen LogP contribution is -2.20. The first-order chi connectivity index (χ1) is 10.7. The van der Waals surface area contributed by atoms with Crippen LogP contribution in [-0.4, -0.2) is 21.2 Å². The minimum atomic E-state index is -0.348. The summed E-state index contributed by atoms with van der Waals surface area (Å²) in [5.74, 6) is 0.530. The molecule has 0 saturated heterocycles. The maximum atomic E-state index is 12.0. The number of carbonyl (C=O) groups is 1. The Morgan fingerprint density at radius 1 is 1.09 bits per heavy atom. The zero-order valence-corrected chi connectivity index (χ0v) is 12.0. The molecule has 2 amide bonds. The number of nitrogens with zero attached hydrogens (tertiary/aromatic N) is 2. The topological polar surface area (TPSA) is 82.7 Å².